The van der Waals surface area contributed by atoms with Crippen molar-refractivity contribution in [3.8, 4) is 0 Å². The van der Waals surface area contributed by atoms with Crippen LogP contribution in [0.5, 0.6) is 0 Å². The second-order valence-electron chi connectivity index (χ2n) is 5.26. The van der Waals surface area contributed by atoms with Gasteiger partial charge in [0, 0.05) is 18.2 Å². The number of hydrogen-bond acceptors (Lipinski definition) is 4. The maximum atomic E-state index is 11.5. The number of hydrazine groups is 1. The Morgan fingerprint density at radius 1 is 1.50 bits per heavy atom. The van der Waals surface area contributed by atoms with E-state index in [2.05, 4.69) is 24.7 Å². The van der Waals surface area contributed by atoms with Crippen LogP contribution in [0.15, 0.2) is 23.9 Å². The molecule has 104 valence electrons. The molecular weight excluding hydrogens is 252 g/mol. The first-order chi connectivity index (χ1) is 8.18. The van der Waals surface area contributed by atoms with Gasteiger partial charge in [0.15, 0.2) is 0 Å². The molecule has 0 saturated heterocycles. The van der Waals surface area contributed by atoms with Crippen molar-refractivity contribution in [3.05, 3.63) is 23.9 Å². The van der Waals surface area contributed by atoms with Crippen LogP contribution in [0.3, 0.4) is 0 Å². The van der Waals surface area contributed by atoms with E-state index in [9.17, 15) is 13.0 Å². The molecule has 0 aromatic carbocycles. The van der Waals surface area contributed by atoms with Crippen LogP contribution in [0.4, 0.5) is 0 Å². The molecule has 0 amide bonds. The highest BCUT2D eigenvalue weighted by atomic mass is 32.2. The number of rotatable bonds is 5. The van der Waals surface area contributed by atoms with E-state index in [1.54, 1.807) is 13.0 Å². The average Bonchev–Trinajstić information content (AvgIpc) is 2.22. The molecule has 3 N–H and O–H groups in total. The molecule has 0 bridgehead atoms. The summed E-state index contributed by atoms with van der Waals surface area (Å²) in [5, 5.41) is 0. The zero-order valence-electron chi connectivity index (χ0n) is 11.3. The molecule has 0 aromatic heterocycles. The molecule has 0 fully saturated rings. The summed E-state index contributed by atoms with van der Waals surface area (Å²) in [6, 6.07) is 0. The summed E-state index contributed by atoms with van der Waals surface area (Å²) in [5.74, 6) is 0.137. The SMILES string of the molecule is CC(C)CNNC1=CC=CC(C)(S(=O)(=O)O)C1C. The van der Waals surface area contributed by atoms with Crippen molar-refractivity contribution in [1.29, 1.82) is 0 Å². The third kappa shape index (κ3) is 3.13. The van der Waals surface area contributed by atoms with E-state index in [1.807, 2.05) is 6.08 Å². The molecule has 1 rings (SSSR count). The third-order valence-corrected chi connectivity index (χ3v) is 4.93. The van der Waals surface area contributed by atoms with Crippen LogP contribution < -0.4 is 10.9 Å². The number of hydrogen-bond donors (Lipinski definition) is 3. The molecule has 2 atom stereocenters. The van der Waals surface area contributed by atoms with Crippen molar-refractivity contribution in [3.63, 3.8) is 0 Å². The highest BCUT2D eigenvalue weighted by Crippen LogP contribution is 2.34. The Kier molecular flexibility index (Phi) is 4.58. The first-order valence-corrected chi connectivity index (χ1v) is 7.48. The molecule has 0 saturated carbocycles. The fraction of sp³-hybridized carbons (Fsp3) is 0.667. The molecule has 1 aliphatic carbocycles. The highest BCUT2D eigenvalue weighted by Gasteiger charge is 2.43. The molecule has 2 unspecified atom stereocenters. The molecule has 0 spiro atoms. The zero-order valence-corrected chi connectivity index (χ0v) is 12.1. The minimum absolute atomic E-state index is 0.350. The van der Waals surface area contributed by atoms with Gasteiger partial charge in [-0.05, 0) is 18.9 Å². The van der Waals surface area contributed by atoms with Crippen molar-refractivity contribution in [2.75, 3.05) is 6.54 Å². The molecule has 0 radical (unpaired) electrons. The van der Waals surface area contributed by atoms with E-state index in [4.69, 9.17) is 0 Å². The van der Waals surface area contributed by atoms with Crippen molar-refractivity contribution in [1.82, 2.24) is 10.9 Å². The van der Waals surface area contributed by atoms with Gasteiger partial charge in [0.05, 0.1) is 0 Å². The first-order valence-electron chi connectivity index (χ1n) is 6.04. The fourth-order valence-corrected chi connectivity index (χ4v) is 2.58. The highest BCUT2D eigenvalue weighted by molar-refractivity contribution is 7.87. The minimum atomic E-state index is -4.14. The average molecular weight is 274 g/mol. The Labute approximate surface area is 109 Å². The zero-order chi connectivity index (χ0) is 14.0. The normalized spacial score (nSPS) is 28.3. The van der Waals surface area contributed by atoms with Crippen LogP contribution in [-0.2, 0) is 10.1 Å². The summed E-state index contributed by atoms with van der Waals surface area (Å²) in [6.45, 7) is 8.22. The van der Waals surface area contributed by atoms with Gasteiger partial charge in [-0.25, -0.2) is 5.43 Å². The van der Waals surface area contributed by atoms with Gasteiger partial charge in [-0.2, -0.15) is 8.42 Å². The molecule has 0 aromatic rings. The molecule has 0 aliphatic heterocycles. The van der Waals surface area contributed by atoms with Crippen LogP contribution in [-0.4, -0.2) is 24.3 Å². The quantitative estimate of drug-likeness (QED) is 0.523. The topological polar surface area (TPSA) is 78.4 Å². The largest absolute Gasteiger partial charge is 0.325 e. The van der Waals surface area contributed by atoms with Gasteiger partial charge in [0.2, 0.25) is 0 Å². The van der Waals surface area contributed by atoms with E-state index in [0.717, 1.165) is 12.2 Å². The smallest absolute Gasteiger partial charge is 0.274 e. The maximum absolute atomic E-state index is 11.5. The van der Waals surface area contributed by atoms with Crippen LogP contribution in [0.2, 0.25) is 0 Å². The van der Waals surface area contributed by atoms with Gasteiger partial charge < -0.3 is 5.43 Å². The molecule has 5 nitrogen and oxygen atoms in total. The van der Waals surface area contributed by atoms with Gasteiger partial charge in [-0.3, -0.25) is 4.55 Å². The summed E-state index contributed by atoms with van der Waals surface area (Å²) in [7, 11) is -4.14. The number of nitrogens with one attached hydrogen (secondary N) is 2. The predicted octanol–water partition coefficient (Wildman–Crippen LogP) is 1.47. The van der Waals surface area contributed by atoms with Gasteiger partial charge in [0.25, 0.3) is 10.1 Å². The molecule has 1 aliphatic rings. The van der Waals surface area contributed by atoms with Gasteiger partial charge in [-0.1, -0.05) is 32.9 Å². The van der Waals surface area contributed by atoms with Crippen molar-refractivity contribution >= 4 is 10.1 Å². The van der Waals surface area contributed by atoms with E-state index in [-0.39, 0.29) is 5.92 Å². The Morgan fingerprint density at radius 2 is 2.11 bits per heavy atom. The second-order valence-corrected chi connectivity index (χ2v) is 7.09. The summed E-state index contributed by atoms with van der Waals surface area (Å²) >= 11 is 0. The maximum Gasteiger partial charge on any atom is 0.274 e. The monoisotopic (exact) mass is 274 g/mol. The van der Waals surface area contributed by atoms with Crippen molar-refractivity contribution < 1.29 is 13.0 Å². The van der Waals surface area contributed by atoms with E-state index in [0.29, 0.717) is 5.92 Å². The first kappa shape index (κ1) is 15.2. The van der Waals surface area contributed by atoms with Gasteiger partial charge in [-0.15, -0.1) is 0 Å². The van der Waals surface area contributed by atoms with E-state index >= 15 is 0 Å². The van der Waals surface area contributed by atoms with E-state index in [1.165, 1.54) is 13.0 Å². The van der Waals surface area contributed by atoms with Crippen molar-refractivity contribution in [2.24, 2.45) is 11.8 Å². The Balaban J connectivity index is 2.79. The lowest BCUT2D eigenvalue weighted by Crippen LogP contribution is -2.47. The Hall–Kier alpha value is -0.850. The van der Waals surface area contributed by atoms with Crippen LogP contribution in [0, 0.1) is 11.8 Å². The Morgan fingerprint density at radius 3 is 2.61 bits per heavy atom. The van der Waals surface area contributed by atoms with Crippen molar-refractivity contribution in [2.45, 2.75) is 32.4 Å². The minimum Gasteiger partial charge on any atom is -0.325 e. The molecule has 18 heavy (non-hydrogen) atoms. The fourth-order valence-electron chi connectivity index (χ4n) is 1.76. The summed E-state index contributed by atoms with van der Waals surface area (Å²) < 4.78 is 31.0. The lowest BCUT2D eigenvalue weighted by molar-refractivity contribution is 0.397. The van der Waals surface area contributed by atoms with E-state index < -0.39 is 14.9 Å². The third-order valence-electron chi connectivity index (χ3n) is 3.33. The summed E-state index contributed by atoms with van der Waals surface area (Å²) in [5.41, 5.74) is 6.81. The lowest BCUT2D eigenvalue weighted by Gasteiger charge is -2.34. The van der Waals surface area contributed by atoms with Gasteiger partial charge >= 0.3 is 0 Å². The molecule has 0 heterocycles. The lowest BCUT2D eigenvalue weighted by atomic mass is 9.88. The summed E-state index contributed by atoms with van der Waals surface area (Å²) in [4.78, 5) is 0. The molecule has 6 heteroatoms. The van der Waals surface area contributed by atoms with Crippen LogP contribution >= 0.6 is 0 Å². The number of allylic oxidation sites excluding steroid dienone is 3. The Bertz CT molecular complexity index is 454. The van der Waals surface area contributed by atoms with Gasteiger partial charge in [0.1, 0.15) is 4.75 Å². The van der Waals surface area contributed by atoms with Crippen LogP contribution in [0.1, 0.15) is 27.7 Å². The standard InChI is InChI=1S/C12H22N2O3S/c1-9(2)8-13-14-11-6-5-7-12(4,10(11)3)18(15,16)17/h5-7,9-10,13-14H,8H2,1-4H3,(H,15,16,17). The molecular formula is C12H22N2O3S. The van der Waals surface area contributed by atoms with Crippen LogP contribution in [0.25, 0.3) is 0 Å². The predicted molar refractivity (Wildman–Crippen MR) is 72.3 cm³/mol. The second kappa shape index (κ2) is 5.42. The summed E-state index contributed by atoms with van der Waals surface area (Å²) in [6.07, 6.45) is 4.97.